The van der Waals surface area contributed by atoms with Crippen molar-refractivity contribution in [2.75, 3.05) is 13.2 Å². The molecule has 0 aliphatic carbocycles. The first kappa shape index (κ1) is 15.3. The molecule has 0 radical (unpaired) electrons. The zero-order valence-corrected chi connectivity index (χ0v) is 13.3. The maximum absolute atomic E-state index is 6.19. The topological polar surface area (TPSA) is 36.9 Å². The van der Waals surface area contributed by atoms with E-state index >= 15 is 0 Å². The van der Waals surface area contributed by atoms with Gasteiger partial charge in [-0.1, -0.05) is 0 Å². The summed E-state index contributed by atoms with van der Waals surface area (Å²) >= 11 is 0. The summed E-state index contributed by atoms with van der Waals surface area (Å²) in [5.41, 5.74) is -0.851. The first-order valence-corrected chi connectivity index (χ1v) is 7.14. The van der Waals surface area contributed by atoms with Crippen LogP contribution in [-0.4, -0.2) is 56.1 Å². The van der Waals surface area contributed by atoms with Crippen LogP contribution in [0.2, 0.25) is 0 Å². The third-order valence-corrected chi connectivity index (χ3v) is 3.45. The predicted octanol–water partition coefficient (Wildman–Crippen LogP) is 1.11. The van der Waals surface area contributed by atoms with Crippen molar-refractivity contribution in [2.24, 2.45) is 0 Å². The van der Waals surface area contributed by atoms with Gasteiger partial charge in [0.15, 0.2) is 0 Å². The molecule has 2 fully saturated rings. The minimum Gasteiger partial charge on any atom is -0.373 e. The van der Waals surface area contributed by atoms with Gasteiger partial charge in [0.2, 0.25) is 0 Å². The molecule has 2 rings (SSSR count). The second-order valence-corrected chi connectivity index (χ2v) is 7.72. The molecule has 0 saturated carbocycles. The molecule has 2 heterocycles. The number of rotatable bonds is 3. The zero-order valence-electron chi connectivity index (χ0n) is 13.3. The molecule has 0 spiro atoms. The first-order valence-electron chi connectivity index (χ1n) is 7.14. The summed E-state index contributed by atoms with van der Waals surface area (Å²) in [5, 5.41) is 0. The average Bonchev–Trinajstić information content (AvgIpc) is 2.64. The van der Waals surface area contributed by atoms with Gasteiger partial charge in [0, 0.05) is 0 Å². The van der Waals surface area contributed by atoms with Gasteiger partial charge >= 0.3 is 0 Å². The fourth-order valence-corrected chi connectivity index (χ4v) is 2.68. The second kappa shape index (κ2) is 4.73. The van der Waals surface area contributed by atoms with E-state index in [1.165, 1.54) is 0 Å². The van der Waals surface area contributed by atoms with Crippen LogP contribution in [0, 0.1) is 0 Å². The highest BCUT2D eigenvalue weighted by Gasteiger charge is 2.61. The molecule has 4 nitrogen and oxygen atoms in total. The van der Waals surface area contributed by atoms with E-state index in [1.54, 1.807) is 0 Å². The quantitative estimate of drug-likeness (QED) is 0.720. The number of hydrogen-bond acceptors (Lipinski definition) is 4. The Morgan fingerprint density at radius 3 is 2.26 bits per heavy atom. The lowest BCUT2D eigenvalue weighted by atomic mass is 9.91. The van der Waals surface area contributed by atoms with Crippen LogP contribution in [-0.2, 0) is 18.9 Å². The lowest BCUT2D eigenvalue weighted by Gasteiger charge is -2.35. The normalized spacial score (nSPS) is 38.9. The summed E-state index contributed by atoms with van der Waals surface area (Å²) in [4.78, 5) is 0. The average molecular weight is 270 g/mol. The summed E-state index contributed by atoms with van der Waals surface area (Å²) in [6, 6.07) is 0.0599. The lowest BCUT2D eigenvalue weighted by molar-refractivity contribution is -0.181. The molecule has 0 aromatic rings. The Hall–Kier alpha value is -0.0951. The van der Waals surface area contributed by atoms with E-state index in [0.29, 0.717) is 13.2 Å². The van der Waals surface area contributed by atoms with E-state index in [2.05, 4.69) is 41.5 Å². The van der Waals surface area contributed by atoms with Crippen LogP contribution < -0.4 is 0 Å². The highest BCUT2D eigenvalue weighted by atomic mass is 16.7. The molecule has 2 bridgehead atoms. The van der Waals surface area contributed by atoms with Crippen molar-refractivity contribution >= 4 is 7.85 Å². The molecule has 110 valence electrons. The van der Waals surface area contributed by atoms with Gasteiger partial charge in [-0.15, -0.1) is 0 Å². The van der Waals surface area contributed by atoms with Crippen LogP contribution in [0.3, 0.4) is 0 Å². The molecule has 5 heteroatoms. The molecule has 4 atom stereocenters. The molecule has 0 aromatic carbocycles. The zero-order chi connectivity index (χ0) is 14.5. The van der Waals surface area contributed by atoms with Crippen LogP contribution in [0.1, 0.15) is 41.5 Å². The summed E-state index contributed by atoms with van der Waals surface area (Å²) in [6.07, 6.45) is -0.0346. The third kappa shape index (κ3) is 3.33. The third-order valence-electron chi connectivity index (χ3n) is 3.45. The molecule has 0 N–H and O–H groups in total. The number of fused-ring (bicyclic) bond motifs is 2. The maximum atomic E-state index is 6.19. The second-order valence-electron chi connectivity index (χ2n) is 7.72. The standard InChI is InChI=1S/C14H27BO4/c1-12(2,3)17-8-14-7-16-9(11(15)19-14)10(14)18-13(4,5)6/h9-11H,7-8,15H2,1-6H3/t9?,10?,11?,14-/m1/s1. The molecular formula is C14H27BO4. The minimum absolute atomic E-state index is 0.0165. The molecule has 0 aromatic heterocycles. The maximum Gasteiger partial charge on any atom is 0.143 e. The fourth-order valence-electron chi connectivity index (χ4n) is 2.68. The van der Waals surface area contributed by atoms with Crippen molar-refractivity contribution in [3.63, 3.8) is 0 Å². The summed E-state index contributed by atoms with van der Waals surface area (Å²) in [6.45, 7) is 13.4. The molecule has 2 aliphatic rings. The molecule has 3 unspecified atom stereocenters. The Bertz CT molecular complexity index is 333. The number of ether oxygens (including phenoxy) is 4. The first-order chi connectivity index (χ1) is 8.53. The van der Waals surface area contributed by atoms with Crippen molar-refractivity contribution < 1.29 is 18.9 Å². The monoisotopic (exact) mass is 270 g/mol. The van der Waals surface area contributed by atoms with Crippen LogP contribution in [0.25, 0.3) is 0 Å². The highest BCUT2D eigenvalue weighted by molar-refractivity contribution is 6.11. The van der Waals surface area contributed by atoms with Gasteiger partial charge in [-0.2, -0.15) is 0 Å². The van der Waals surface area contributed by atoms with Gasteiger partial charge in [0.1, 0.15) is 25.7 Å². The van der Waals surface area contributed by atoms with Crippen LogP contribution >= 0.6 is 0 Å². The largest absolute Gasteiger partial charge is 0.373 e. The van der Waals surface area contributed by atoms with Crippen molar-refractivity contribution in [1.29, 1.82) is 0 Å². The Kier molecular flexibility index (Phi) is 3.80. The van der Waals surface area contributed by atoms with Crippen LogP contribution in [0.5, 0.6) is 0 Å². The molecule has 19 heavy (non-hydrogen) atoms. The van der Waals surface area contributed by atoms with Gasteiger partial charge in [-0.05, 0) is 41.5 Å². The minimum atomic E-state index is -0.454. The van der Waals surface area contributed by atoms with E-state index in [9.17, 15) is 0 Å². The van der Waals surface area contributed by atoms with E-state index in [-0.39, 0.29) is 29.4 Å². The van der Waals surface area contributed by atoms with E-state index < -0.39 is 5.60 Å². The van der Waals surface area contributed by atoms with Gasteiger partial charge in [0.25, 0.3) is 0 Å². The number of hydrogen-bond donors (Lipinski definition) is 0. The Morgan fingerprint density at radius 2 is 1.79 bits per heavy atom. The SMILES string of the molecule is BC1O[C@@]2(COC(C)(C)C)COC1C2OC(C)(C)C. The van der Waals surface area contributed by atoms with Gasteiger partial charge in [-0.25, -0.2) is 0 Å². The van der Waals surface area contributed by atoms with Gasteiger partial charge in [0.05, 0.1) is 30.4 Å². The Balaban J connectivity index is 2.12. The van der Waals surface area contributed by atoms with E-state index in [0.717, 1.165) is 0 Å². The van der Waals surface area contributed by atoms with Crippen LogP contribution in [0.15, 0.2) is 0 Å². The summed E-state index contributed by atoms with van der Waals surface area (Å²) in [5.74, 6) is 0. The molecular weight excluding hydrogens is 243 g/mol. The fraction of sp³-hybridized carbons (Fsp3) is 1.00. The summed E-state index contributed by atoms with van der Waals surface area (Å²) < 4.78 is 24.1. The van der Waals surface area contributed by atoms with Gasteiger partial charge < -0.3 is 18.9 Å². The van der Waals surface area contributed by atoms with E-state index in [1.807, 2.05) is 7.85 Å². The van der Waals surface area contributed by atoms with Crippen molar-refractivity contribution in [1.82, 2.24) is 0 Å². The van der Waals surface area contributed by atoms with Crippen LogP contribution in [0.4, 0.5) is 0 Å². The molecule has 2 saturated heterocycles. The highest BCUT2D eigenvalue weighted by Crippen LogP contribution is 2.43. The smallest absolute Gasteiger partial charge is 0.143 e. The van der Waals surface area contributed by atoms with E-state index in [4.69, 9.17) is 18.9 Å². The van der Waals surface area contributed by atoms with Gasteiger partial charge in [-0.3, -0.25) is 0 Å². The Labute approximate surface area is 117 Å². The predicted molar refractivity (Wildman–Crippen MR) is 76.2 cm³/mol. The van der Waals surface area contributed by atoms with Crippen molar-refractivity contribution in [3.05, 3.63) is 0 Å². The summed E-state index contributed by atoms with van der Waals surface area (Å²) in [7, 11) is 2.04. The van der Waals surface area contributed by atoms with Crippen molar-refractivity contribution in [3.8, 4) is 0 Å². The Morgan fingerprint density at radius 1 is 1.16 bits per heavy atom. The molecule has 2 aliphatic heterocycles. The van der Waals surface area contributed by atoms with Crippen molar-refractivity contribution in [2.45, 2.75) is 76.6 Å². The lowest BCUT2D eigenvalue weighted by Crippen LogP contribution is -2.50. The molecule has 0 amide bonds.